The summed E-state index contributed by atoms with van der Waals surface area (Å²) in [6.45, 7) is 3.32. The molecule has 1 saturated heterocycles. The summed E-state index contributed by atoms with van der Waals surface area (Å²) in [6, 6.07) is 3.27. The second-order valence-electron chi connectivity index (χ2n) is 6.07. The standard InChI is InChI=1S/C18H27NO3S/c1-2-3-4-5-6-7-13-22-18(21)15-10-8-12-19(15)17(20)16-11-9-14-23-16/h9,11,14-15H,2-8,10,12-13H2,1H3. The van der Waals surface area contributed by atoms with Gasteiger partial charge in [0.1, 0.15) is 6.04 Å². The molecule has 2 heterocycles. The topological polar surface area (TPSA) is 46.6 Å². The normalized spacial score (nSPS) is 17.4. The Labute approximate surface area is 142 Å². The summed E-state index contributed by atoms with van der Waals surface area (Å²) in [5.41, 5.74) is 0. The fraction of sp³-hybridized carbons (Fsp3) is 0.667. The van der Waals surface area contributed by atoms with Crippen LogP contribution in [-0.2, 0) is 9.53 Å². The van der Waals surface area contributed by atoms with Crippen molar-refractivity contribution in [2.45, 2.75) is 64.3 Å². The highest BCUT2D eigenvalue weighted by atomic mass is 32.1. The molecule has 1 aromatic rings. The van der Waals surface area contributed by atoms with Gasteiger partial charge in [0, 0.05) is 6.54 Å². The molecule has 1 atom stereocenters. The van der Waals surface area contributed by atoms with Gasteiger partial charge in [-0.2, -0.15) is 0 Å². The third-order valence-electron chi connectivity index (χ3n) is 4.26. The van der Waals surface area contributed by atoms with E-state index in [0.29, 0.717) is 24.4 Å². The van der Waals surface area contributed by atoms with E-state index >= 15 is 0 Å². The first-order chi connectivity index (χ1) is 11.2. The van der Waals surface area contributed by atoms with Crippen molar-refractivity contribution in [3.8, 4) is 0 Å². The number of carbonyl (C=O) groups excluding carboxylic acids is 2. The lowest BCUT2D eigenvalue weighted by molar-refractivity contribution is -0.148. The Morgan fingerprint density at radius 2 is 2.04 bits per heavy atom. The van der Waals surface area contributed by atoms with Crippen LogP contribution < -0.4 is 0 Å². The van der Waals surface area contributed by atoms with Gasteiger partial charge in [-0.1, -0.05) is 45.1 Å². The Hall–Kier alpha value is -1.36. The zero-order valence-corrected chi connectivity index (χ0v) is 14.8. The van der Waals surface area contributed by atoms with Crippen molar-refractivity contribution in [1.29, 1.82) is 0 Å². The highest BCUT2D eigenvalue weighted by Crippen LogP contribution is 2.23. The molecule has 0 spiro atoms. The number of carbonyl (C=O) groups is 2. The van der Waals surface area contributed by atoms with Gasteiger partial charge < -0.3 is 9.64 Å². The molecule has 1 aromatic heterocycles. The molecule has 4 nitrogen and oxygen atoms in total. The summed E-state index contributed by atoms with van der Waals surface area (Å²) in [4.78, 5) is 27.1. The van der Waals surface area contributed by atoms with Crippen molar-refractivity contribution < 1.29 is 14.3 Å². The molecule has 0 aliphatic carbocycles. The number of unbranched alkanes of at least 4 members (excludes halogenated alkanes) is 5. The number of rotatable bonds is 9. The number of nitrogens with zero attached hydrogens (tertiary/aromatic N) is 1. The number of ether oxygens (including phenoxy) is 1. The molecule has 0 aromatic carbocycles. The Bertz CT molecular complexity index is 486. The van der Waals surface area contributed by atoms with Gasteiger partial charge >= 0.3 is 5.97 Å². The molecule has 1 fully saturated rings. The highest BCUT2D eigenvalue weighted by molar-refractivity contribution is 7.12. The average Bonchev–Trinajstić information content (AvgIpc) is 3.24. The number of esters is 1. The summed E-state index contributed by atoms with van der Waals surface area (Å²) in [6.07, 6.45) is 8.59. The van der Waals surface area contributed by atoms with Crippen LogP contribution in [0.15, 0.2) is 17.5 Å². The number of hydrogen-bond acceptors (Lipinski definition) is 4. The molecular formula is C18H27NO3S. The number of hydrogen-bond donors (Lipinski definition) is 0. The van der Waals surface area contributed by atoms with Crippen LogP contribution in [0.5, 0.6) is 0 Å². The van der Waals surface area contributed by atoms with Crippen LogP contribution in [-0.4, -0.2) is 36.0 Å². The Kier molecular flexibility index (Phi) is 7.59. The minimum atomic E-state index is -0.398. The number of amides is 1. The van der Waals surface area contributed by atoms with Crippen molar-refractivity contribution >= 4 is 23.2 Å². The predicted molar refractivity (Wildman–Crippen MR) is 92.7 cm³/mol. The summed E-state index contributed by atoms with van der Waals surface area (Å²) < 4.78 is 5.40. The van der Waals surface area contributed by atoms with Gasteiger partial charge in [0.2, 0.25) is 0 Å². The number of thiophene rings is 1. The fourth-order valence-corrected chi connectivity index (χ4v) is 3.63. The van der Waals surface area contributed by atoms with Gasteiger partial charge in [-0.15, -0.1) is 11.3 Å². The molecule has 1 unspecified atom stereocenters. The maximum atomic E-state index is 12.4. The highest BCUT2D eigenvalue weighted by Gasteiger charge is 2.35. The van der Waals surface area contributed by atoms with E-state index in [1.165, 1.54) is 37.0 Å². The van der Waals surface area contributed by atoms with Crippen molar-refractivity contribution in [2.75, 3.05) is 13.2 Å². The molecule has 1 aliphatic rings. The fourth-order valence-electron chi connectivity index (χ4n) is 2.95. The van der Waals surface area contributed by atoms with E-state index in [1.54, 1.807) is 4.90 Å². The summed E-state index contributed by atoms with van der Waals surface area (Å²) >= 11 is 1.42. The monoisotopic (exact) mass is 337 g/mol. The first-order valence-electron chi connectivity index (χ1n) is 8.75. The van der Waals surface area contributed by atoms with E-state index in [-0.39, 0.29) is 11.9 Å². The lowest BCUT2D eigenvalue weighted by Gasteiger charge is -2.22. The summed E-state index contributed by atoms with van der Waals surface area (Å²) in [5.74, 6) is -0.278. The van der Waals surface area contributed by atoms with Gasteiger partial charge in [0.05, 0.1) is 11.5 Å². The molecule has 0 radical (unpaired) electrons. The van der Waals surface area contributed by atoms with E-state index in [9.17, 15) is 9.59 Å². The van der Waals surface area contributed by atoms with Gasteiger partial charge in [-0.25, -0.2) is 4.79 Å². The largest absolute Gasteiger partial charge is 0.464 e. The lowest BCUT2D eigenvalue weighted by Crippen LogP contribution is -2.41. The Morgan fingerprint density at radius 3 is 2.78 bits per heavy atom. The van der Waals surface area contributed by atoms with Crippen LogP contribution in [0.25, 0.3) is 0 Å². The average molecular weight is 337 g/mol. The Balaban J connectivity index is 1.72. The first kappa shape index (κ1) is 18.0. The molecule has 128 valence electrons. The van der Waals surface area contributed by atoms with Crippen LogP contribution in [0.1, 0.15) is 68.0 Å². The van der Waals surface area contributed by atoms with Crippen LogP contribution in [0.4, 0.5) is 0 Å². The van der Waals surface area contributed by atoms with Crippen LogP contribution in [0, 0.1) is 0 Å². The van der Waals surface area contributed by atoms with Crippen LogP contribution in [0.2, 0.25) is 0 Å². The molecule has 23 heavy (non-hydrogen) atoms. The maximum absolute atomic E-state index is 12.4. The van der Waals surface area contributed by atoms with Crippen molar-refractivity contribution in [3.05, 3.63) is 22.4 Å². The Morgan fingerprint density at radius 1 is 1.26 bits per heavy atom. The van der Waals surface area contributed by atoms with Gasteiger partial charge in [0.15, 0.2) is 0 Å². The molecule has 0 bridgehead atoms. The van der Waals surface area contributed by atoms with E-state index in [2.05, 4.69) is 6.92 Å². The zero-order valence-electron chi connectivity index (χ0n) is 14.0. The van der Waals surface area contributed by atoms with Crippen molar-refractivity contribution in [2.24, 2.45) is 0 Å². The first-order valence-corrected chi connectivity index (χ1v) is 9.63. The minimum absolute atomic E-state index is 0.0426. The molecule has 5 heteroatoms. The lowest BCUT2D eigenvalue weighted by atomic mass is 10.1. The third kappa shape index (κ3) is 5.34. The van der Waals surface area contributed by atoms with E-state index in [0.717, 1.165) is 19.3 Å². The summed E-state index contributed by atoms with van der Waals surface area (Å²) in [7, 11) is 0. The van der Waals surface area contributed by atoms with Crippen molar-refractivity contribution in [3.63, 3.8) is 0 Å². The van der Waals surface area contributed by atoms with E-state index in [1.807, 2.05) is 17.5 Å². The van der Waals surface area contributed by atoms with Crippen LogP contribution in [0.3, 0.4) is 0 Å². The second-order valence-corrected chi connectivity index (χ2v) is 7.02. The van der Waals surface area contributed by atoms with E-state index < -0.39 is 6.04 Å². The SMILES string of the molecule is CCCCCCCCOC(=O)C1CCCN1C(=O)c1cccs1. The molecule has 1 aliphatic heterocycles. The maximum Gasteiger partial charge on any atom is 0.328 e. The van der Waals surface area contributed by atoms with Gasteiger partial charge in [-0.05, 0) is 30.7 Å². The van der Waals surface area contributed by atoms with Gasteiger partial charge in [0.25, 0.3) is 5.91 Å². The third-order valence-corrected chi connectivity index (χ3v) is 5.12. The van der Waals surface area contributed by atoms with E-state index in [4.69, 9.17) is 4.74 Å². The molecule has 1 amide bonds. The molecule has 0 saturated carbocycles. The summed E-state index contributed by atoms with van der Waals surface area (Å²) in [5, 5.41) is 1.88. The molecule has 2 rings (SSSR count). The molecule has 0 N–H and O–H groups in total. The van der Waals surface area contributed by atoms with Crippen LogP contribution >= 0.6 is 11.3 Å². The van der Waals surface area contributed by atoms with Gasteiger partial charge in [-0.3, -0.25) is 4.79 Å². The molecular weight excluding hydrogens is 310 g/mol. The van der Waals surface area contributed by atoms with Crippen molar-refractivity contribution in [1.82, 2.24) is 4.90 Å². The predicted octanol–water partition coefficient (Wildman–Crippen LogP) is 4.26. The second kappa shape index (κ2) is 9.71. The number of likely N-dealkylation sites (tertiary alicyclic amines) is 1. The quantitative estimate of drug-likeness (QED) is 0.500. The minimum Gasteiger partial charge on any atom is -0.464 e. The zero-order chi connectivity index (χ0) is 16.5. The smallest absolute Gasteiger partial charge is 0.328 e.